The second-order valence-corrected chi connectivity index (χ2v) is 5.21. The first-order valence-corrected chi connectivity index (χ1v) is 6.76. The molecule has 2 nitrogen and oxygen atoms in total. The Kier molecular flexibility index (Phi) is 4.67. The molecule has 0 aliphatic carbocycles. The van der Waals surface area contributed by atoms with Gasteiger partial charge in [-0.1, -0.05) is 28.1 Å². The maximum absolute atomic E-state index is 12.0. The summed E-state index contributed by atoms with van der Waals surface area (Å²) in [7, 11) is 0. The number of hydrogen-bond donors (Lipinski definition) is 0. The van der Waals surface area contributed by atoms with Crippen LogP contribution < -0.4 is 4.74 Å². The van der Waals surface area contributed by atoms with Crippen LogP contribution in [0.15, 0.2) is 53.0 Å². The van der Waals surface area contributed by atoms with Crippen molar-refractivity contribution in [1.29, 1.82) is 0 Å². The maximum Gasteiger partial charge on any atom is 0.573 e. The number of carbonyl (C=O) groups excluding carboxylic acids is 1. The SMILES string of the molecule is O=C(Cc1ccc(Br)cc1)c1ccc(OC(F)(F)F)cc1. The molecule has 0 radical (unpaired) electrons. The summed E-state index contributed by atoms with van der Waals surface area (Å²) in [4.78, 5) is 12.0. The van der Waals surface area contributed by atoms with Gasteiger partial charge in [0, 0.05) is 16.5 Å². The normalized spacial score (nSPS) is 11.2. The van der Waals surface area contributed by atoms with Crippen molar-refractivity contribution in [2.75, 3.05) is 0 Å². The number of Topliss-reactive ketones (excluding diaryl/α,β-unsaturated/α-hetero) is 1. The smallest absolute Gasteiger partial charge is 0.406 e. The summed E-state index contributed by atoms with van der Waals surface area (Å²) in [5, 5.41) is 0. The van der Waals surface area contributed by atoms with Crippen molar-refractivity contribution in [2.24, 2.45) is 0 Å². The van der Waals surface area contributed by atoms with Crippen LogP contribution in [0.25, 0.3) is 0 Å². The molecule has 0 atom stereocenters. The predicted octanol–water partition coefficient (Wildman–Crippen LogP) is 4.77. The van der Waals surface area contributed by atoms with Gasteiger partial charge in [-0.2, -0.15) is 0 Å². The van der Waals surface area contributed by atoms with E-state index in [0.717, 1.165) is 22.2 Å². The number of benzene rings is 2. The fraction of sp³-hybridized carbons (Fsp3) is 0.133. The molecule has 0 bridgehead atoms. The number of halogens is 4. The van der Waals surface area contributed by atoms with E-state index in [0.29, 0.717) is 5.56 Å². The highest BCUT2D eigenvalue weighted by molar-refractivity contribution is 9.10. The minimum absolute atomic E-state index is 0.170. The van der Waals surface area contributed by atoms with Gasteiger partial charge in [0.05, 0.1) is 0 Å². The highest BCUT2D eigenvalue weighted by Gasteiger charge is 2.31. The van der Waals surface area contributed by atoms with E-state index in [1.165, 1.54) is 12.1 Å². The van der Waals surface area contributed by atoms with E-state index in [-0.39, 0.29) is 18.0 Å². The Morgan fingerprint density at radius 2 is 1.57 bits per heavy atom. The molecule has 0 N–H and O–H groups in total. The van der Waals surface area contributed by atoms with Crippen LogP contribution >= 0.6 is 15.9 Å². The van der Waals surface area contributed by atoms with Crippen LogP contribution in [0, 0.1) is 0 Å². The van der Waals surface area contributed by atoms with E-state index in [1.54, 1.807) is 0 Å². The van der Waals surface area contributed by atoms with E-state index in [2.05, 4.69) is 20.7 Å². The molecule has 0 spiro atoms. The summed E-state index contributed by atoms with van der Waals surface area (Å²) in [6.45, 7) is 0. The van der Waals surface area contributed by atoms with Crippen molar-refractivity contribution in [3.05, 3.63) is 64.1 Å². The Bertz CT molecular complexity index is 619. The van der Waals surface area contributed by atoms with Gasteiger partial charge in [-0.25, -0.2) is 0 Å². The molecule has 2 rings (SSSR count). The first-order valence-electron chi connectivity index (χ1n) is 5.97. The largest absolute Gasteiger partial charge is 0.573 e. The van der Waals surface area contributed by atoms with Crippen LogP contribution in [0.1, 0.15) is 15.9 Å². The highest BCUT2D eigenvalue weighted by Crippen LogP contribution is 2.23. The summed E-state index contributed by atoms with van der Waals surface area (Å²) < 4.78 is 40.7. The fourth-order valence-corrected chi connectivity index (χ4v) is 2.00. The summed E-state index contributed by atoms with van der Waals surface area (Å²) in [5.74, 6) is -0.515. The lowest BCUT2D eigenvalue weighted by atomic mass is 10.0. The third kappa shape index (κ3) is 4.90. The third-order valence-corrected chi connectivity index (χ3v) is 3.22. The molecule has 6 heteroatoms. The van der Waals surface area contributed by atoms with Crippen LogP contribution in [0.3, 0.4) is 0 Å². The van der Waals surface area contributed by atoms with Crippen LogP contribution in [-0.4, -0.2) is 12.1 Å². The Labute approximate surface area is 127 Å². The molecule has 110 valence electrons. The van der Waals surface area contributed by atoms with Crippen LogP contribution in [-0.2, 0) is 6.42 Å². The molecular formula is C15H10BrF3O2. The lowest BCUT2D eigenvalue weighted by Gasteiger charge is -2.09. The van der Waals surface area contributed by atoms with E-state index in [9.17, 15) is 18.0 Å². The Hall–Kier alpha value is -1.82. The van der Waals surface area contributed by atoms with Crippen molar-refractivity contribution in [1.82, 2.24) is 0 Å². The quantitative estimate of drug-likeness (QED) is 0.735. The maximum atomic E-state index is 12.0. The zero-order valence-corrected chi connectivity index (χ0v) is 12.2. The molecule has 0 saturated carbocycles. The van der Waals surface area contributed by atoms with Gasteiger partial charge < -0.3 is 4.74 Å². The topological polar surface area (TPSA) is 26.3 Å². The van der Waals surface area contributed by atoms with E-state index >= 15 is 0 Å². The molecule has 0 aliphatic rings. The summed E-state index contributed by atoms with van der Waals surface area (Å²) in [5.41, 5.74) is 1.17. The number of hydrogen-bond acceptors (Lipinski definition) is 2. The second-order valence-electron chi connectivity index (χ2n) is 4.30. The van der Waals surface area contributed by atoms with E-state index in [4.69, 9.17) is 0 Å². The molecule has 0 amide bonds. The Morgan fingerprint density at radius 1 is 1.00 bits per heavy atom. The van der Waals surface area contributed by atoms with Crippen molar-refractivity contribution in [3.63, 3.8) is 0 Å². The van der Waals surface area contributed by atoms with Gasteiger partial charge in [0.1, 0.15) is 5.75 Å². The predicted molar refractivity (Wildman–Crippen MR) is 75.3 cm³/mol. The van der Waals surface area contributed by atoms with Crippen LogP contribution in [0.5, 0.6) is 5.75 Å². The zero-order valence-electron chi connectivity index (χ0n) is 10.7. The number of ketones is 1. The van der Waals surface area contributed by atoms with Crippen molar-refractivity contribution in [2.45, 2.75) is 12.8 Å². The second kappa shape index (κ2) is 6.30. The number of rotatable bonds is 4. The highest BCUT2D eigenvalue weighted by atomic mass is 79.9. The molecular weight excluding hydrogens is 349 g/mol. The van der Waals surface area contributed by atoms with Crippen molar-refractivity contribution < 1.29 is 22.7 Å². The fourth-order valence-electron chi connectivity index (χ4n) is 1.73. The average molecular weight is 359 g/mol. The number of carbonyl (C=O) groups is 1. The molecule has 21 heavy (non-hydrogen) atoms. The van der Waals surface area contributed by atoms with Gasteiger partial charge >= 0.3 is 6.36 Å². The van der Waals surface area contributed by atoms with Gasteiger partial charge in [0.15, 0.2) is 5.78 Å². The average Bonchev–Trinajstić information content (AvgIpc) is 2.40. The molecule has 2 aromatic carbocycles. The lowest BCUT2D eigenvalue weighted by molar-refractivity contribution is -0.274. The van der Waals surface area contributed by atoms with Gasteiger partial charge in [0.2, 0.25) is 0 Å². The van der Waals surface area contributed by atoms with Crippen molar-refractivity contribution >= 4 is 21.7 Å². The summed E-state index contributed by atoms with van der Waals surface area (Å²) in [6.07, 6.45) is -4.55. The minimum atomic E-state index is -4.73. The number of ether oxygens (including phenoxy) is 1. The molecule has 0 heterocycles. The van der Waals surface area contributed by atoms with Crippen molar-refractivity contribution in [3.8, 4) is 5.75 Å². The Morgan fingerprint density at radius 3 is 2.10 bits per heavy atom. The molecule has 0 fully saturated rings. The first-order chi connectivity index (χ1) is 9.83. The van der Waals surface area contributed by atoms with E-state index in [1.807, 2.05) is 24.3 Å². The lowest BCUT2D eigenvalue weighted by Crippen LogP contribution is -2.17. The first kappa shape index (κ1) is 15.6. The molecule has 0 aliphatic heterocycles. The summed E-state index contributed by atoms with van der Waals surface area (Å²) in [6, 6.07) is 12.2. The zero-order chi connectivity index (χ0) is 15.5. The van der Waals surface area contributed by atoms with Crippen LogP contribution in [0.2, 0.25) is 0 Å². The minimum Gasteiger partial charge on any atom is -0.406 e. The molecule has 0 unspecified atom stereocenters. The van der Waals surface area contributed by atoms with Gasteiger partial charge in [-0.05, 0) is 42.0 Å². The monoisotopic (exact) mass is 358 g/mol. The number of alkyl halides is 3. The van der Waals surface area contributed by atoms with Gasteiger partial charge in [-0.3, -0.25) is 4.79 Å². The van der Waals surface area contributed by atoms with E-state index < -0.39 is 6.36 Å². The van der Waals surface area contributed by atoms with Gasteiger partial charge in [-0.15, -0.1) is 13.2 Å². The Balaban J connectivity index is 2.04. The third-order valence-electron chi connectivity index (χ3n) is 2.69. The molecule has 0 saturated heterocycles. The summed E-state index contributed by atoms with van der Waals surface area (Å²) >= 11 is 3.30. The standard InChI is InChI=1S/C15H10BrF3O2/c16-12-5-1-10(2-6-12)9-14(20)11-3-7-13(8-4-11)21-15(17,18)19/h1-8H,9H2. The molecule has 0 aromatic heterocycles. The van der Waals surface area contributed by atoms with Crippen LogP contribution in [0.4, 0.5) is 13.2 Å². The van der Waals surface area contributed by atoms with Gasteiger partial charge in [0.25, 0.3) is 0 Å². The molecule has 2 aromatic rings.